The topological polar surface area (TPSA) is 56.8 Å². The number of hydrogen-bond donors (Lipinski definition) is 1. The molecule has 1 N–H and O–H groups in total. The zero-order chi connectivity index (χ0) is 15.6. The zero-order valence-corrected chi connectivity index (χ0v) is 13.8. The summed E-state index contributed by atoms with van der Waals surface area (Å²) in [5, 5.41) is 3.24. The van der Waals surface area contributed by atoms with Crippen molar-refractivity contribution in [2.45, 2.75) is 52.0 Å². The lowest BCUT2D eigenvalue weighted by molar-refractivity contribution is -0.151. The van der Waals surface area contributed by atoms with Crippen molar-refractivity contribution in [3.05, 3.63) is 0 Å². The van der Waals surface area contributed by atoms with Gasteiger partial charge in [0.15, 0.2) is 0 Å². The molecule has 0 radical (unpaired) electrons. The monoisotopic (exact) mass is 301 g/mol. The lowest BCUT2D eigenvalue weighted by Gasteiger charge is -2.28. The fourth-order valence-electron chi connectivity index (χ4n) is 2.63. The van der Waals surface area contributed by atoms with Crippen molar-refractivity contribution in [3.8, 4) is 0 Å². The van der Waals surface area contributed by atoms with Crippen molar-refractivity contribution >= 4 is 5.97 Å². The molecule has 0 amide bonds. The Bertz CT molecular complexity index is 292. The Morgan fingerprint density at radius 2 is 2.05 bits per heavy atom. The summed E-state index contributed by atoms with van der Waals surface area (Å²) >= 11 is 0. The number of esters is 1. The van der Waals surface area contributed by atoms with Crippen molar-refractivity contribution < 1.29 is 19.0 Å². The minimum absolute atomic E-state index is 0.170. The summed E-state index contributed by atoms with van der Waals surface area (Å²) in [7, 11) is 0. The van der Waals surface area contributed by atoms with Gasteiger partial charge in [-0.3, -0.25) is 4.79 Å². The summed E-state index contributed by atoms with van der Waals surface area (Å²) in [6.07, 6.45) is 3.77. The van der Waals surface area contributed by atoms with Gasteiger partial charge in [-0.2, -0.15) is 0 Å². The third kappa shape index (κ3) is 6.76. The molecule has 0 aromatic heterocycles. The van der Waals surface area contributed by atoms with E-state index < -0.39 is 5.54 Å². The maximum atomic E-state index is 12.0. The fraction of sp³-hybridized carbons (Fsp3) is 0.938. The molecule has 1 unspecified atom stereocenters. The van der Waals surface area contributed by atoms with Crippen LogP contribution >= 0.6 is 0 Å². The zero-order valence-electron chi connectivity index (χ0n) is 13.8. The van der Waals surface area contributed by atoms with E-state index in [0.717, 1.165) is 52.0 Å². The number of hydrogen-bond acceptors (Lipinski definition) is 5. The molecule has 0 bridgehead atoms. The van der Waals surface area contributed by atoms with E-state index in [4.69, 9.17) is 14.2 Å². The molecule has 124 valence electrons. The highest BCUT2D eigenvalue weighted by molar-refractivity contribution is 5.80. The largest absolute Gasteiger partial charge is 0.465 e. The molecule has 0 saturated carbocycles. The molecule has 1 heterocycles. The third-order valence-electron chi connectivity index (χ3n) is 3.95. The average Bonchev–Trinajstić information content (AvgIpc) is 2.48. The van der Waals surface area contributed by atoms with Crippen LogP contribution in [0.5, 0.6) is 0 Å². The number of carbonyl (C=O) groups is 1. The van der Waals surface area contributed by atoms with E-state index in [0.29, 0.717) is 19.1 Å². The Kier molecular flexibility index (Phi) is 8.88. The van der Waals surface area contributed by atoms with Gasteiger partial charge in [0.25, 0.3) is 0 Å². The van der Waals surface area contributed by atoms with Crippen molar-refractivity contribution in [1.82, 2.24) is 5.32 Å². The van der Waals surface area contributed by atoms with E-state index in [2.05, 4.69) is 5.32 Å². The molecule has 0 aliphatic carbocycles. The standard InChI is InChI=1S/C16H31NO4/c1-4-17-16(3,15(18)21-5-2)9-6-10-20-13-14-7-11-19-12-8-14/h14,17H,4-13H2,1-3H3. The first-order valence-electron chi connectivity index (χ1n) is 8.20. The van der Waals surface area contributed by atoms with Crippen LogP contribution in [0.4, 0.5) is 0 Å². The average molecular weight is 301 g/mol. The summed E-state index contributed by atoms with van der Waals surface area (Å²) < 4.78 is 16.2. The van der Waals surface area contributed by atoms with E-state index >= 15 is 0 Å². The Balaban J connectivity index is 2.21. The molecule has 0 aromatic rings. The summed E-state index contributed by atoms with van der Waals surface area (Å²) in [5.41, 5.74) is -0.604. The van der Waals surface area contributed by atoms with Crippen LogP contribution in [0.15, 0.2) is 0 Å². The number of rotatable bonds is 10. The van der Waals surface area contributed by atoms with Gasteiger partial charge in [-0.1, -0.05) is 6.92 Å². The molecular weight excluding hydrogens is 270 g/mol. The minimum Gasteiger partial charge on any atom is -0.465 e. The van der Waals surface area contributed by atoms with Crippen LogP contribution < -0.4 is 5.32 Å². The Morgan fingerprint density at radius 1 is 1.33 bits per heavy atom. The summed E-state index contributed by atoms with van der Waals surface area (Å²) in [4.78, 5) is 12.0. The molecule has 21 heavy (non-hydrogen) atoms. The lowest BCUT2D eigenvalue weighted by Crippen LogP contribution is -2.50. The van der Waals surface area contributed by atoms with Crippen molar-refractivity contribution in [2.24, 2.45) is 5.92 Å². The van der Waals surface area contributed by atoms with Crippen LogP contribution in [-0.2, 0) is 19.0 Å². The second-order valence-electron chi connectivity index (χ2n) is 5.82. The first kappa shape index (κ1) is 18.4. The number of ether oxygens (including phenoxy) is 3. The van der Waals surface area contributed by atoms with E-state index in [9.17, 15) is 4.79 Å². The predicted octanol–water partition coefficient (Wildman–Crippen LogP) is 2.14. The van der Waals surface area contributed by atoms with Gasteiger partial charge in [0.1, 0.15) is 5.54 Å². The predicted molar refractivity (Wildman–Crippen MR) is 82.3 cm³/mol. The lowest BCUT2D eigenvalue weighted by atomic mass is 9.96. The van der Waals surface area contributed by atoms with Crippen LogP contribution in [-0.4, -0.2) is 51.1 Å². The van der Waals surface area contributed by atoms with Crippen molar-refractivity contribution in [2.75, 3.05) is 39.6 Å². The summed E-state index contributed by atoms with van der Waals surface area (Å²) in [5.74, 6) is 0.459. The van der Waals surface area contributed by atoms with E-state index in [1.165, 1.54) is 0 Å². The van der Waals surface area contributed by atoms with Gasteiger partial charge < -0.3 is 19.5 Å². The van der Waals surface area contributed by atoms with Crippen LogP contribution in [0.2, 0.25) is 0 Å². The smallest absolute Gasteiger partial charge is 0.326 e. The SMILES string of the molecule is CCNC(C)(CCCOCC1CCOCC1)C(=O)OCC. The van der Waals surface area contributed by atoms with Gasteiger partial charge in [0.2, 0.25) is 0 Å². The molecule has 1 aliphatic heterocycles. The molecule has 5 nitrogen and oxygen atoms in total. The van der Waals surface area contributed by atoms with Gasteiger partial charge in [-0.05, 0) is 52.0 Å². The van der Waals surface area contributed by atoms with Crippen LogP contribution in [0.1, 0.15) is 46.5 Å². The van der Waals surface area contributed by atoms with E-state index in [-0.39, 0.29) is 5.97 Å². The van der Waals surface area contributed by atoms with Gasteiger partial charge in [0.05, 0.1) is 6.61 Å². The number of likely N-dealkylation sites (N-methyl/N-ethyl adjacent to an activating group) is 1. The normalized spacial score (nSPS) is 19.2. The van der Waals surface area contributed by atoms with Gasteiger partial charge in [-0.25, -0.2) is 0 Å². The van der Waals surface area contributed by atoms with Crippen LogP contribution in [0.25, 0.3) is 0 Å². The number of carbonyl (C=O) groups excluding carboxylic acids is 1. The molecular formula is C16H31NO4. The Morgan fingerprint density at radius 3 is 2.67 bits per heavy atom. The molecule has 1 rings (SSSR count). The van der Waals surface area contributed by atoms with Crippen molar-refractivity contribution in [3.63, 3.8) is 0 Å². The van der Waals surface area contributed by atoms with Crippen LogP contribution in [0.3, 0.4) is 0 Å². The highest BCUT2D eigenvalue weighted by Crippen LogP contribution is 2.17. The molecule has 1 atom stereocenters. The molecule has 1 fully saturated rings. The molecule has 0 spiro atoms. The Labute approximate surface area is 128 Å². The van der Waals surface area contributed by atoms with Crippen LogP contribution in [0, 0.1) is 5.92 Å². The highest BCUT2D eigenvalue weighted by atomic mass is 16.5. The van der Waals surface area contributed by atoms with E-state index in [1.54, 1.807) is 0 Å². The van der Waals surface area contributed by atoms with E-state index in [1.807, 2.05) is 20.8 Å². The maximum Gasteiger partial charge on any atom is 0.326 e. The van der Waals surface area contributed by atoms with Gasteiger partial charge >= 0.3 is 5.97 Å². The summed E-state index contributed by atoms with van der Waals surface area (Å²) in [6.45, 7) is 10.1. The quantitative estimate of drug-likeness (QED) is 0.495. The maximum absolute atomic E-state index is 12.0. The summed E-state index contributed by atoms with van der Waals surface area (Å²) in [6, 6.07) is 0. The molecule has 0 aromatic carbocycles. The molecule has 1 saturated heterocycles. The third-order valence-corrected chi connectivity index (χ3v) is 3.95. The first-order chi connectivity index (χ1) is 10.1. The second-order valence-corrected chi connectivity index (χ2v) is 5.82. The molecule has 1 aliphatic rings. The van der Waals surface area contributed by atoms with Gasteiger partial charge in [-0.15, -0.1) is 0 Å². The second kappa shape index (κ2) is 10.1. The minimum atomic E-state index is -0.604. The number of nitrogens with one attached hydrogen (secondary N) is 1. The Hall–Kier alpha value is -0.650. The molecule has 5 heteroatoms. The van der Waals surface area contributed by atoms with Gasteiger partial charge in [0, 0.05) is 26.4 Å². The fourth-order valence-corrected chi connectivity index (χ4v) is 2.63. The highest BCUT2D eigenvalue weighted by Gasteiger charge is 2.33. The first-order valence-corrected chi connectivity index (χ1v) is 8.20. The van der Waals surface area contributed by atoms with Crippen molar-refractivity contribution in [1.29, 1.82) is 0 Å².